The third-order valence-electron chi connectivity index (χ3n) is 5.57. The van der Waals surface area contributed by atoms with E-state index in [0.29, 0.717) is 0 Å². The minimum absolute atomic E-state index is 0.0169. The quantitative estimate of drug-likeness (QED) is 0.866. The Morgan fingerprint density at radius 1 is 1.17 bits per heavy atom. The van der Waals surface area contributed by atoms with Crippen molar-refractivity contribution >= 4 is 5.65 Å². The third kappa shape index (κ3) is 3.10. The van der Waals surface area contributed by atoms with E-state index >= 15 is 0 Å². The van der Waals surface area contributed by atoms with Gasteiger partial charge in [0.2, 0.25) is 0 Å². The molecule has 2 fully saturated rings. The molecule has 3 heterocycles. The molecule has 1 saturated heterocycles. The van der Waals surface area contributed by atoms with E-state index < -0.39 is 0 Å². The smallest absolute Gasteiger partial charge is 0.258 e. The zero-order chi connectivity index (χ0) is 16.5. The Kier molecular flexibility index (Phi) is 4.37. The normalized spacial score (nSPS) is 20.9. The lowest BCUT2D eigenvalue weighted by Gasteiger charge is -2.37. The van der Waals surface area contributed by atoms with Crippen LogP contribution in [0.15, 0.2) is 29.2 Å². The molecule has 24 heavy (non-hydrogen) atoms. The molecule has 0 spiro atoms. The zero-order valence-corrected chi connectivity index (χ0v) is 14.4. The van der Waals surface area contributed by atoms with Gasteiger partial charge in [0.05, 0.1) is 5.69 Å². The first-order valence-corrected chi connectivity index (χ1v) is 9.15. The number of piperazine rings is 1. The molecule has 128 valence electrons. The number of hydrogen-bond acceptors (Lipinski definition) is 4. The highest BCUT2D eigenvalue weighted by Gasteiger charge is 2.26. The van der Waals surface area contributed by atoms with Crippen LogP contribution in [0.25, 0.3) is 5.65 Å². The Morgan fingerprint density at radius 3 is 2.67 bits per heavy atom. The van der Waals surface area contributed by atoms with E-state index in [2.05, 4.69) is 9.80 Å². The number of aryl methyl sites for hydroxylation is 1. The van der Waals surface area contributed by atoms with Gasteiger partial charge >= 0.3 is 0 Å². The molecule has 0 bridgehead atoms. The molecule has 0 amide bonds. The van der Waals surface area contributed by atoms with Crippen molar-refractivity contribution in [2.24, 2.45) is 0 Å². The van der Waals surface area contributed by atoms with E-state index in [1.54, 1.807) is 16.7 Å². The molecular formula is C19H26N4O. The van der Waals surface area contributed by atoms with Crippen molar-refractivity contribution in [3.05, 3.63) is 46.0 Å². The number of rotatable bonds is 3. The van der Waals surface area contributed by atoms with Crippen LogP contribution in [-0.2, 0) is 6.54 Å². The summed E-state index contributed by atoms with van der Waals surface area (Å²) in [5.74, 6) is 0. The van der Waals surface area contributed by atoms with Gasteiger partial charge in [0.25, 0.3) is 5.56 Å². The van der Waals surface area contributed by atoms with Crippen LogP contribution in [0.2, 0.25) is 0 Å². The highest BCUT2D eigenvalue weighted by atomic mass is 16.1. The molecule has 2 aromatic heterocycles. The van der Waals surface area contributed by atoms with Gasteiger partial charge < -0.3 is 0 Å². The Labute approximate surface area is 142 Å². The Bertz CT molecular complexity index is 771. The molecule has 0 unspecified atom stereocenters. The molecule has 5 nitrogen and oxygen atoms in total. The molecule has 5 heteroatoms. The zero-order valence-electron chi connectivity index (χ0n) is 14.4. The maximum absolute atomic E-state index is 12.3. The fourth-order valence-corrected chi connectivity index (χ4v) is 4.17. The lowest BCUT2D eigenvalue weighted by molar-refractivity contribution is 0.0929. The van der Waals surface area contributed by atoms with E-state index in [9.17, 15) is 4.79 Å². The first-order chi connectivity index (χ1) is 11.7. The molecule has 1 saturated carbocycles. The van der Waals surface area contributed by atoms with E-state index in [0.717, 1.165) is 55.7 Å². The SMILES string of the molecule is Cc1cccn2c(=O)cc(CN3CCN(C4CCCC4)CC3)nc12. The van der Waals surface area contributed by atoms with Crippen LogP contribution < -0.4 is 5.56 Å². The molecule has 0 radical (unpaired) electrons. The molecule has 2 aromatic rings. The summed E-state index contributed by atoms with van der Waals surface area (Å²) < 4.78 is 1.64. The van der Waals surface area contributed by atoms with Gasteiger partial charge in [0.15, 0.2) is 0 Å². The Hall–Kier alpha value is -1.72. The van der Waals surface area contributed by atoms with Crippen LogP contribution in [0.5, 0.6) is 0 Å². The number of hydrogen-bond donors (Lipinski definition) is 0. The number of fused-ring (bicyclic) bond motifs is 1. The van der Waals surface area contributed by atoms with E-state index in [4.69, 9.17) is 4.98 Å². The van der Waals surface area contributed by atoms with Crippen molar-refractivity contribution in [3.63, 3.8) is 0 Å². The topological polar surface area (TPSA) is 40.9 Å². The predicted octanol–water partition coefficient (Wildman–Crippen LogP) is 2.06. The highest BCUT2D eigenvalue weighted by molar-refractivity contribution is 5.46. The summed E-state index contributed by atoms with van der Waals surface area (Å²) in [6, 6.07) is 6.41. The molecule has 0 aromatic carbocycles. The fourth-order valence-electron chi connectivity index (χ4n) is 4.17. The minimum atomic E-state index is 0.0169. The third-order valence-corrected chi connectivity index (χ3v) is 5.57. The maximum Gasteiger partial charge on any atom is 0.258 e. The van der Waals surface area contributed by atoms with E-state index in [-0.39, 0.29) is 5.56 Å². The Morgan fingerprint density at radius 2 is 1.92 bits per heavy atom. The molecule has 1 aliphatic carbocycles. The van der Waals surface area contributed by atoms with Crippen molar-refractivity contribution in [1.29, 1.82) is 0 Å². The minimum Gasteiger partial charge on any atom is -0.298 e. The lowest BCUT2D eigenvalue weighted by Crippen LogP contribution is -2.49. The second-order valence-electron chi connectivity index (χ2n) is 7.22. The summed E-state index contributed by atoms with van der Waals surface area (Å²) in [7, 11) is 0. The van der Waals surface area contributed by atoms with Gasteiger partial charge in [0, 0.05) is 51.0 Å². The summed E-state index contributed by atoms with van der Waals surface area (Å²) >= 11 is 0. The van der Waals surface area contributed by atoms with Crippen LogP contribution in [0.1, 0.15) is 36.9 Å². The second-order valence-corrected chi connectivity index (χ2v) is 7.22. The summed E-state index contributed by atoms with van der Waals surface area (Å²) in [6.45, 7) is 7.23. The Balaban J connectivity index is 1.45. The second kappa shape index (κ2) is 6.65. The molecule has 1 aliphatic heterocycles. The highest BCUT2D eigenvalue weighted by Crippen LogP contribution is 2.24. The summed E-state index contributed by atoms with van der Waals surface area (Å²) in [6.07, 6.45) is 7.34. The summed E-state index contributed by atoms with van der Waals surface area (Å²) in [5, 5.41) is 0. The number of nitrogens with zero attached hydrogens (tertiary/aromatic N) is 4. The van der Waals surface area contributed by atoms with Gasteiger partial charge in [-0.2, -0.15) is 0 Å². The average molecular weight is 326 g/mol. The van der Waals surface area contributed by atoms with Crippen molar-refractivity contribution in [3.8, 4) is 0 Å². The molecule has 4 rings (SSSR count). The maximum atomic E-state index is 12.3. The van der Waals surface area contributed by atoms with Gasteiger partial charge in [-0.05, 0) is 31.4 Å². The standard InChI is InChI=1S/C19H26N4O/c1-15-5-4-8-23-18(24)13-16(20-19(15)23)14-21-9-11-22(12-10-21)17-6-2-3-7-17/h4-5,8,13,17H,2-3,6-7,9-12,14H2,1H3. The number of pyridine rings is 1. The van der Waals surface area contributed by atoms with Crippen molar-refractivity contribution in [2.75, 3.05) is 26.2 Å². The van der Waals surface area contributed by atoms with Gasteiger partial charge in [-0.25, -0.2) is 4.98 Å². The van der Waals surface area contributed by atoms with E-state index in [1.165, 1.54) is 25.7 Å². The number of aromatic nitrogens is 2. The monoisotopic (exact) mass is 326 g/mol. The van der Waals surface area contributed by atoms with Crippen LogP contribution in [-0.4, -0.2) is 51.4 Å². The summed E-state index contributed by atoms with van der Waals surface area (Å²) in [4.78, 5) is 22.1. The lowest BCUT2D eigenvalue weighted by atomic mass is 10.2. The molecule has 0 atom stereocenters. The predicted molar refractivity (Wildman–Crippen MR) is 95.3 cm³/mol. The first-order valence-electron chi connectivity index (χ1n) is 9.15. The van der Waals surface area contributed by atoms with Crippen LogP contribution >= 0.6 is 0 Å². The van der Waals surface area contributed by atoms with Crippen LogP contribution in [0.3, 0.4) is 0 Å². The van der Waals surface area contributed by atoms with Crippen molar-refractivity contribution in [1.82, 2.24) is 19.2 Å². The van der Waals surface area contributed by atoms with E-state index in [1.807, 2.05) is 19.1 Å². The molecule has 0 N–H and O–H groups in total. The van der Waals surface area contributed by atoms with Gasteiger partial charge in [-0.1, -0.05) is 18.9 Å². The molecule has 2 aliphatic rings. The summed E-state index contributed by atoms with van der Waals surface area (Å²) in [5.41, 5.74) is 2.74. The average Bonchev–Trinajstić information content (AvgIpc) is 3.11. The van der Waals surface area contributed by atoms with Gasteiger partial charge in [-0.3, -0.25) is 19.0 Å². The molecular weight excluding hydrogens is 300 g/mol. The van der Waals surface area contributed by atoms with Gasteiger partial charge in [-0.15, -0.1) is 0 Å². The van der Waals surface area contributed by atoms with Crippen molar-refractivity contribution < 1.29 is 0 Å². The van der Waals surface area contributed by atoms with Gasteiger partial charge in [0.1, 0.15) is 5.65 Å². The van der Waals surface area contributed by atoms with Crippen molar-refractivity contribution in [2.45, 2.75) is 45.2 Å². The first kappa shape index (κ1) is 15.8. The van der Waals surface area contributed by atoms with Crippen LogP contribution in [0.4, 0.5) is 0 Å². The largest absolute Gasteiger partial charge is 0.298 e. The van der Waals surface area contributed by atoms with Crippen LogP contribution in [0, 0.1) is 6.92 Å². The fraction of sp³-hybridized carbons (Fsp3) is 0.579.